The molecule has 1 fully saturated rings. The minimum atomic E-state index is -0.425. The second kappa shape index (κ2) is 4.62. The van der Waals surface area contributed by atoms with Crippen LogP contribution in [-0.4, -0.2) is 29.8 Å². The van der Waals surface area contributed by atoms with Gasteiger partial charge in [0.2, 0.25) is 0 Å². The first-order valence-corrected chi connectivity index (χ1v) is 5.92. The van der Waals surface area contributed by atoms with E-state index in [4.69, 9.17) is 4.74 Å². The first-order valence-electron chi connectivity index (χ1n) is 5.92. The van der Waals surface area contributed by atoms with Crippen molar-refractivity contribution in [2.75, 3.05) is 6.54 Å². The van der Waals surface area contributed by atoms with Gasteiger partial charge in [-0.2, -0.15) is 0 Å². The van der Waals surface area contributed by atoms with Crippen molar-refractivity contribution >= 4 is 6.09 Å². The molecular formula is C12H24N2O2. The zero-order valence-electron chi connectivity index (χ0n) is 11.0. The van der Waals surface area contributed by atoms with Gasteiger partial charge in [-0.05, 0) is 47.5 Å². The molecule has 0 bridgehead atoms. The van der Waals surface area contributed by atoms with Crippen molar-refractivity contribution < 1.29 is 9.53 Å². The van der Waals surface area contributed by atoms with Crippen LogP contribution < -0.4 is 10.6 Å². The number of carbonyl (C=O) groups is 1. The zero-order chi connectivity index (χ0) is 12.4. The number of alkyl carbamates (subject to hydrolysis) is 1. The Hall–Kier alpha value is -0.770. The second-order valence-electron chi connectivity index (χ2n) is 6.15. The van der Waals surface area contributed by atoms with E-state index in [2.05, 4.69) is 24.5 Å². The molecule has 1 heterocycles. The number of nitrogens with one attached hydrogen (secondary N) is 2. The van der Waals surface area contributed by atoms with Gasteiger partial charge in [-0.15, -0.1) is 0 Å². The minimum absolute atomic E-state index is 0.183. The van der Waals surface area contributed by atoms with Crippen molar-refractivity contribution in [2.24, 2.45) is 0 Å². The van der Waals surface area contributed by atoms with Gasteiger partial charge in [0.25, 0.3) is 0 Å². The third-order valence-corrected chi connectivity index (χ3v) is 2.67. The standard InChI is InChI=1S/C12H24N2O2/c1-11(2,3)16-10(15)14-9-6-7-12(4,5)13-8-9/h9,13H,6-8H2,1-5H3,(H,14,15)/t9-/m1/s1. The van der Waals surface area contributed by atoms with Crippen molar-refractivity contribution in [1.29, 1.82) is 0 Å². The summed E-state index contributed by atoms with van der Waals surface area (Å²) >= 11 is 0. The van der Waals surface area contributed by atoms with Gasteiger partial charge in [0.15, 0.2) is 0 Å². The Morgan fingerprint density at radius 3 is 2.50 bits per heavy atom. The summed E-state index contributed by atoms with van der Waals surface area (Å²) in [5.74, 6) is 0. The predicted octanol–water partition coefficient (Wildman–Crippen LogP) is 2.04. The Labute approximate surface area is 98.1 Å². The quantitative estimate of drug-likeness (QED) is 0.722. The SMILES string of the molecule is CC1(C)CC[C@@H](NC(=O)OC(C)(C)C)CN1. The molecule has 4 nitrogen and oxygen atoms in total. The van der Waals surface area contributed by atoms with Crippen LogP contribution in [0.5, 0.6) is 0 Å². The monoisotopic (exact) mass is 228 g/mol. The van der Waals surface area contributed by atoms with Gasteiger partial charge in [0.05, 0.1) is 0 Å². The lowest BCUT2D eigenvalue weighted by molar-refractivity contribution is 0.0487. The summed E-state index contributed by atoms with van der Waals surface area (Å²) in [5.41, 5.74) is -0.239. The number of hydrogen-bond donors (Lipinski definition) is 2. The van der Waals surface area contributed by atoms with E-state index in [9.17, 15) is 4.79 Å². The largest absolute Gasteiger partial charge is 0.444 e. The molecule has 0 saturated carbocycles. The topological polar surface area (TPSA) is 50.4 Å². The number of piperidine rings is 1. The van der Waals surface area contributed by atoms with Crippen LogP contribution in [0.25, 0.3) is 0 Å². The highest BCUT2D eigenvalue weighted by atomic mass is 16.6. The molecule has 0 spiro atoms. The Morgan fingerprint density at radius 2 is 2.06 bits per heavy atom. The molecule has 2 N–H and O–H groups in total. The van der Waals surface area contributed by atoms with Crippen LogP contribution in [0.4, 0.5) is 4.79 Å². The van der Waals surface area contributed by atoms with Gasteiger partial charge < -0.3 is 15.4 Å². The van der Waals surface area contributed by atoms with E-state index in [-0.39, 0.29) is 17.7 Å². The van der Waals surface area contributed by atoms with Gasteiger partial charge in [-0.25, -0.2) is 4.79 Å². The summed E-state index contributed by atoms with van der Waals surface area (Å²) < 4.78 is 5.21. The summed E-state index contributed by atoms with van der Waals surface area (Å²) in [6, 6.07) is 0.183. The van der Waals surface area contributed by atoms with E-state index in [1.165, 1.54) is 0 Å². The molecule has 94 valence electrons. The van der Waals surface area contributed by atoms with E-state index in [0.717, 1.165) is 19.4 Å². The number of carbonyl (C=O) groups excluding carboxylic acids is 1. The summed E-state index contributed by atoms with van der Waals surface area (Å²) in [7, 11) is 0. The number of hydrogen-bond acceptors (Lipinski definition) is 3. The summed E-state index contributed by atoms with van der Waals surface area (Å²) in [5, 5.41) is 6.30. The zero-order valence-corrected chi connectivity index (χ0v) is 11.0. The highest BCUT2D eigenvalue weighted by Crippen LogP contribution is 2.18. The normalized spacial score (nSPS) is 24.9. The van der Waals surface area contributed by atoms with E-state index in [1.807, 2.05) is 20.8 Å². The minimum Gasteiger partial charge on any atom is -0.444 e. The third kappa shape index (κ3) is 4.84. The Kier molecular flexibility index (Phi) is 3.84. The summed E-state index contributed by atoms with van der Waals surface area (Å²) in [6.07, 6.45) is 1.74. The Bertz CT molecular complexity index is 246. The molecule has 1 aliphatic heterocycles. The van der Waals surface area contributed by atoms with Crippen molar-refractivity contribution in [3.05, 3.63) is 0 Å². The molecule has 0 unspecified atom stereocenters. The van der Waals surface area contributed by atoms with Gasteiger partial charge in [0.1, 0.15) is 5.60 Å². The average Bonchev–Trinajstić information content (AvgIpc) is 2.05. The molecule has 1 amide bonds. The summed E-state index contributed by atoms with van der Waals surface area (Å²) in [4.78, 5) is 11.5. The van der Waals surface area contributed by atoms with E-state index >= 15 is 0 Å². The number of rotatable bonds is 1. The van der Waals surface area contributed by atoms with Crippen LogP contribution >= 0.6 is 0 Å². The average molecular weight is 228 g/mol. The van der Waals surface area contributed by atoms with Gasteiger partial charge in [-0.3, -0.25) is 0 Å². The second-order valence-corrected chi connectivity index (χ2v) is 6.15. The van der Waals surface area contributed by atoms with Gasteiger partial charge >= 0.3 is 6.09 Å². The third-order valence-electron chi connectivity index (χ3n) is 2.67. The van der Waals surface area contributed by atoms with Crippen LogP contribution in [0.2, 0.25) is 0 Å². The van der Waals surface area contributed by atoms with Crippen molar-refractivity contribution in [3.8, 4) is 0 Å². The van der Waals surface area contributed by atoms with E-state index in [0.29, 0.717) is 0 Å². The lowest BCUT2D eigenvalue weighted by Gasteiger charge is -2.36. The first kappa shape index (κ1) is 13.3. The maximum atomic E-state index is 11.5. The molecule has 0 aromatic rings. The molecule has 0 radical (unpaired) electrons. The molecule has 1 rings (SSSR count). The van der Waals surface area contributed by atoms with Gasteiger partial charge in [-0.1, -0.05) is 0 Å². The fraction of sp³-hybridized carbons (Fsp3) is 0.917. The van der Waals surface area contributed by atoms with E-state index in [1.54, 1.807) is 0 Å². The lowest BCUT2D eigenvalue weighted by Crippen LogP contribution is -2.54. The van der Waals surface area contributed by atoms with Crippen LogP contribution in [0.3, 0.4) is 0 Å². The number of ether oxygens (including phenoxy) is 1. The Morgan fingerprint density at radius 1 is 1.44 bits per heavy atom. The molecule has 16 heavy (non-hydrogen) atoms. The van der Waals surface area contributed by atoms with E-state index < -0.39 is 5.60 Å². The molecule has 0 aromatic heterocycles. The van der Waals surface area contributed by atoms with Crippen molar-refractivity contribution in [1.82, 2.24) is 10.6 Å². The Balaban J connectivity index is 2.32. The lowest BCUT2D eigenvalue weighted by atomic mass is 9.91. The van der Waals surface area contributed by atoms with Crippen molar-refractivity contribution in [2.45, 2.75) is 64.6 Å². The smallest absolute Gasteiger partial charge is 0.407 e. The fourth-order valence-electron chi connectivity index (χ4n) is 1.72. The predicted molar refractivity (Wildman–Crippen MR) is 64.5 cm³/mol. The number of amides is 1. The molecule has 0 aromatic carbocycles. The highest BCUT2D eigenvalue weighted by Gasteiger charge is 2.27. The van der Waals surface area contributed by atoms with Crippen LogP contribution in [0.15, 0.2) is 0 Å². The maximum absolute atomic E-state index is 11.5. The molecule has 1 aliphatic rings. The molecule has 1 atom stereocenters. The first-order chi connectivity index (χ1) is 7.18. The molecule has 0 aliphatic carbocycles. The van der Waals surface area contributed by atoms with Gasteiger partial charge in [0, 0.05) is 18.1 Å². The summed E-state index contributed by atoms with van der Waals surface area (Å²) in [6.45, 7) is 10.8. The molecular weight excluding hydrogens is 204 g/mol. The van der Waals surface area contributed by atoms with Crippen molar-refractivity contribution in [3.63, 3.8) is 0 Å². The van der Waals surface area contributed by atoms with Crippen LogP contribution in [0, 0.1) is 0 Å². The maximum Gasteiger partial charge on any atom is 0.407 e. The van der Waals surface area contributed by atoms with Crippen LogP contribution in [0.1, 0.15) is 47.5 Å². The van der Waals surface area contributed by atoms with Crippen LogP contribution in [-0.2, 0) is 4.74 Å². The molecule has 1 saturated heterocycles. The highest BCUT2D eigenvalue weighted by molar-refractivity contribution is 5.68. The molecule has 4 heteroatoms. The fourth-order valence-corrected chi connectivity index (χ4v) is 1.72.